The molecule has 2 heterocycles. The molecule has 3 heteroatoms. The second-order valence-corrected chi connectivity index (χ2v) is 6.73. The van der Waals surface area contributed by atoms with E-state index in [-0.39, 0.29) is 6.04 Å². The highest BCUT2D eigenvalue weighted by atomic mass is 32.1. The van der Waals surface area contributed by atoms with Crippen LogP contribution in [0.25, 0.3) is 0 Å². The lowest BCUT2D eigenvalue weighted by molar-refractivity contribution is 0.153. The number of aryl methyl sites for hydroxylation is 1. The summed E-state index contributed by atoms with van der Waals surface area (Å²) < 4.78 is 0. The van der Waals surface area contributed by atoms with E-state index in [1.807, 2.05) is 11.3 Å². The van der Waals surface area contributed by atoms with E-state index in [0.29, 0.717) is 6.04 Å². The summed E-state index contributed by atoms with van der Waals surface area (Å²) in [5, 5.41) is 0. The highest BCUT2D eigenvalue weighted by molar-refractivity contribution is 7.12. The van der Waals surface area contributed by atoms with Crippen LogP contribution in [0.15, 0.2) is 12.1 Å². The number of hydrogen-bond acceptors (Lipinski definition) is 3. The highest BCUT2D eigenvalue weighted by Gasteiger charge is 2.34. The summed E-state index contributed by atoms with van der Waals surface area (Å²) in [4.78, 5) is 5.52. The molecule has 1 aliphatic heterocycles. The Hall–Kier alpha value is -0.380. The number of nitrogens with zero attached hydrogens (tertiary/aromatic N) is 1. The lowest BCUT2D eigenvalue weighted by Gasteiger charge is -2.35. The Morgan fingerprint density at radius 1 is 1.44 bits per heavy atom. The molecule has 0 spiro atoms. The molecule has 2 nitrogen and oxygen atoms in total. The first-order valence-corrected chi connectivity index (χ1v) is 8.06. The molecule has 2 rings (SSSR count). The topological polar surface area (TPSA) is 29.3 Å². The molecule has 0 bridgehead atoms. The Bertz CT molecular complexity index is 374. The molecular weight excluding hydrogens is 240 g/mol. The van der Waals surface area contributed by atoms with Gasteiger partial charge in [-0.1, -0.05) is 13.8 Å². The van der Waals surface area contributed by atoms with Crippen molar-refractivity contribution in [3.63, 3.8) is 0 Å². The van der Waals surface area contributed by atoms with Crippen LogP contribution in [0.5, 0.6) is 0 Å². The fourth-order valence-electron chi connectivity index (χ4n) is 3.12. The molecule has 0 aromatic carbocycles. The van der Waals surface area contributed by atoms with Crippen LogP contribution in [0.3, 0.4) is 0 Å². The van der Waals surface area contributed by atoms with Crippen LogP contribution in [0.2, 0.25) is 0 Å². The largest absolute Gasteiger partial charge is 0.326 e. The van der Waals surface area contributed by atoms with Crippen molar-refractivity contribution in [1.29, 1.82) is 0 Å². The zero-order valence-corrected chi connectivity index (χ0v) is 12.7. The lowest BCUT2D eigenvalue weighted by atomic mass is 10.0. The molecular formula is C15H26N2S. The van der Waals surface area contributed by atoms with Crippen LogP contribution in [0.1, 0.15) is 55.3 Å². The third kappa shape index (κ3) is 2.79. The summed E-state index contributed by atoms with van der Waals surface area (Å²) in [6.07, 6.45) is 4.97. The van der Waals surface area contributed by atoms with Crippen LogP contribution in [-0.4, -0.2) is 23.5 Å². The van der Waals surface area contributed by atoms with Crippen LogP contribution >= 0.6 is 11.3 Å². The Labute approximate surface area is 115 Å². The van der Waals surface area contributed by atoms with Gasteiger partial charge in [0.05, 0.1) is 6.04 Å². The van der Waals surface area contributed by atoms with E-state index in [2.05, 4.69) is 37.8 Å². The van der Waals surface area contributed by atoms with E-state index in [0.717, 1.165) is 12.5 Å². The third-order valence-electron chi connectivity index (χ3n) is 4.18. The van der Waals surface area contributed by atoms with Gasteiger partial charge in [0.25, 0.3) is 0 Å². The summed E-state index contributed by atoms with van der Waals surface area (Å²) in [6.45, 7) is 7.91. The molecule has 1 aliphatic rings. The minimum Gasteiger partial charge on any atom is -0.326 e. The highest BCUT2D eigenvalue weighted by Crippen LogP contribution is 2.36. The van der Waals surface area contributed by atoms with E-state index in [9.17, 15) is 0 Å². The molecule has 0 amide bonds. The van der Waals surface area contributed by atoms with Gasteiger partial charge in [0.2, 0.25) is 0 Å². The molecule has 1 aromatic heterocycles. The zero-order chi connectivity index (χ0) is 13.1. The zero-order valence-electron chi connectivity index (χ0n) is 11.9. The van der Waals surface area contributed by atoms with Crippen LogP contribution < -0.4 is 5.73 Å². The number of likely N-dealkylation sites (tertiary alicyclic amines) is 1. The predicted octanol–water partition coefficient (Wildman–Crippen LogP) is 3.71. The van der Waals surface area contributed by atoms with Crippen LogP contribution in [0.4, 0.5) is 0 Å². The van der Waals surface area contributed by atoms with Gasteiger partial charge in [-0.25, -0.2) is 0 Å². The summed E-state index contributed by atoms with van der Waals surface area (Å²) in [6, 6.07) is 5.93. The average Bonchev–Trinajstić information content (AvgIpc) is 2.99. The SMILES string of the molecule is CCC(N)C(c1ccc(C)s1)N1CCCC1CC. The van der Waals surface area contributed by atoms with Gasteiger partial charge in [-0.05, 0) is 51.3 Å². The molecule has 0 aliphatic carbocycles. The van der Waals surface area contributed by atoms with Crippen molar-refractivity contribution in [3.05, 3.63) is 21.9 Å². The summed E-state index contributed by atoms with van der Waals surface area (Å²) in [5.41, 5.74) is 6.42. The number of rotatable bonds is 5. The smallest absolute Gasteiger partial charge is 0.0595 e. The van der Waals surface area contributed by atoms with Crippen molar-refractivity contribution in [3.8, 4) is 0 Å². The molecule has 18 heavy (non-hydrogen) atoms. The van der Waals surface area contributed by atoms with Gasteiger partial charge in [0, 0.05) is 21.8 Å². The van der Waals surface area contributed by atoms with E-state index < -0.39 is 0 Å². The predicted molar refractivity (Wildman–Crippen MR) is 80.1 cm³/mol. The van der Waals surface area contributed by atoms with Crippen molar-refractivity contribution in [2.24, 2.45) is 5.73 Å². The van der Waals surface area contributed by atoms with Crippen molar-refractivity contribution in [2.75, 3.05) is 6.54 Å². The first-order chi connectivity index (χ1) is 8.67. The molecule has 1 aromatic rings. The van der Waals surface area contributed by atoms with Crippen molar-refractivity contribution < 1.29 is 0 Å². The van der Waals surface area contributed by atoms with Gasteiger partial charge in [-0.15, -0.1) is 11.3 Å². The quantitative estimate of drug-likeness (QED) is 0.880. The maximum absolute atomic E-state index is 6.42. The summed E-state index contributed by atoms with van der Waals surface area (Å²) in [7, 11) is 0. The van der Waals surface area contributed by atoms with Gasteiger partial charge in [0.1, 0.15) is 0 Å². The Morgan fingerprint density at radius 3 is 2.78 bits per heavy atom. The molecule has 0 radical (unpaired) electrons. The number of thiophene rings is 1. The van der Waals surface area contributed by atoms with Gasteiger partial charge < -0.3 is 5.73 Å². The normalized spacial score (nSPS) is 24.3. The molecule has 3 atom stereocenters. The average molecular weight is 266 g/mol. The minimum atomic E-state index is 0.259. The summed E-state index contributed by atoms with van der Waals surface area (Å²) >= 11 is 1.92. The lowest BCUT2D eigenvalue weighted by Crippen LogP contribution is -2.42. The first-order valence-electron chi connectivity index (χ1n) is 7.25. The number of nitrogens with two attached hydrogens (primary N) is 1. The molecule has 1 saturated heterocycles. The van der Waals surface area contributed by atoms with Gasteiger partial charge in [0.15, 0.2) is 0 Å². The summed E-state index contributed by atoms with van der Waals surface area (Å²) in [5.74, 6) is 0. The van der Waals surface area contributed by atoms with E-state index >= 15 is 0 Å². The van der Waals surface area contributed by atoms with Crippen LogP contribution in [0, 0.1) is 6.92 Å². The maximum Gasteiger partial charge on any atom is 0.0595 e. The van der Waals surface area contributed by atoms with Crippen molar-refractivity contribution in [2.45, 2.75) is 64.6 Å². The molecule has 102 valence electrons. The van der Waals surface area contributed by atoms with E-state index in [1.54, 1.807) is 0 Å². The standard InChI is InChI=1S/C15H26N2S/c1-4-12-7-6-10-17(12)15(13(16)5-2)14-9-8-11(3)18-14/h8-9,12-13,15H,4-7,10,16H2,1-3H3. The van der Waals surface area contributed by atoms with E-state index in [1.165, 1.54) is 35.6 Å². The van der Waals surface area contributed by atoms with Crippen molar-refractivity contribution >= 4 is 11.3 Å². The molecule has 2 N–H and O–H groups in total. The molecule has 3 unspecified atom stereocenters. The van der Waals surface area contributed by atoms with Crippen molar-refractivity contribution in [1.82, 2.24) is 4.90 Å². The van der Waals surface area contributed by atoms with E-state index in [4.69, 9.17) is 5.73 Å². The first kappa shape index (κ1) is 14.0. The van der Waals surface area contributed by atoms with Gasteiger partial charge in [-0.2, -0.15) is 0 Å². The Kier molecular flexibility index (Phi) is 4.82. The Balaban J connectivity index is 2.25. The fraction of sp³-hybridized carbons (Fsp3) is 0.733. The second kappa shape index (κ2) is 6.18. The second-order valence-electron chi connectivity index (χ2n) is 5.41. The van der Waals surface area contributed by atoms with Gasteiger partial charge >= 0.3 is 0 Å². The number of hydrogen-bond donors (Lipinski definition) is 1. The molecule has 1 fully saturated rings. The fourth-order valence-corrected chi connectivity index (χ4v) is 4.19. The Morgan fingerprint density at radius 2 is 2.22 bits per heavy atom. The van der Waals surface area contributed by atoms with Crippen LogP contribution in [-0.2, 0) is 0 Å². The maximum atomic E-state index is 6.42. The third-order valence-corrected chi connectivity index (χ3v) is 5.25. The van der Waals surface area contributed by atoms with Gasteiger partial charge in [-0.3, -0.25) is 4.90 Å². The minimum absolute atomic E-state index is 0.259. The molecule has 0 saturated carbocycles. The monoisotopic (exact) mass is 266 g/mol.